The third-order valence-corrected chi connectivity index (χ3v) is 4.38. The molecule has 2 rings (SSSR count). The Kier molecular flexibility index (Phi) is 5.10. The molecule has 0 amide bonds. The summed E-state index contributed by atoms with van der Waals surface area (Å²) in [6.45, 7) is 1.86. The number of halogens is 2. The van der Waals surface area contributed by atoms with Crippen LogP contribution in [0.3, 0.4) is 0 Å². The molecule has 4 nitrogen and oxygen atoms in total. The van der Waals surface area contributed by atoms with Crippen molar-refractivity contribution in [3.63, 3.8) is 0 Å². The molecule has 0 aromatic heterocycles. The van der Waals surface area contributed by atoms with Crippen LogP contribution in [-0.2, 0) is 10.0 Å². The van der Waals surface area contributed by atoms with Crippen molar-refractivity contribution in [3.05, 3.63) is 59.7 Å². The number of nitrogens with one attached hydrogen (secondary N) is 1. The Balaban J connectivity index is 1.94. The molecule has 0 unspecified atom stereocenters. The lowest BCUT2D eigenvalue weighted by Crippen LogP contribution is -2.29. The van der Waals surface area contributed by atoms with Gasteiger partial charge >= 0.3 is 0 Å². The van der Waals surface area contributed by atoms with E-state index in [9.17, 15) is 17.2 Å². The van der Waals surface area contributed by atoms with E-state index in [4.69, 9.17) is 4.74 Å². The molecule has 0 saturated carbocycles. The smallest absolute Gasteiger partial charge is 0.246 e. The zero-order chi connectivity index (χ0) is 16.2. The van der Waals surface area contributed by atoms with Gasteiger partial charge in [0.25, 0.3) is 0 Å². The molecule has 1 N–H and O–H groups in total. The van der Waals surface area contributed by atoms with Crippen molar-refractivity contribution in [1.82, 2.24) is 4.72 Å². The van der Waals surface area contributed by atoms with Crippen LogP contribution in [0.2, 0.25) is 0 Å². The fourth-order valence-corrected chi connectivity index (χ4v) is 2.94. The standard InChI is InChI=1S/C15H15F2NO3S/c1-11-5-7-12(8-6-11)21-10-9-18-22(19,20)15-13(16)3-2-4-14(15)17/h2-8,18H,9-10H2,1H3. The van der Waals surface area contributed by atoms with Crippen LogP contribution in [0.5, 0.6) is 5.75 Å². The highest BCUT2D eigenvalue weighted by atomic mass is 32.2. The lowest BCUT2D eigenvalue weighted by molar-refractivity contribution is 0.322. The van der Waals surface area contributed by atoms with Crippen LogP contribution in [0.25, 0.3) is 0 Å². The first kappa shape index (κ1) is 16.4. The van der Waals surface area contributed by atoms with Gasteiger partial charge in [0.05, 0.1) is 0 Å². The summed E-state index contributed by atoms with van der Waals surface area (Å²) in [6, 6.07) is 10.1. The molecule has 0 atom stereocenters. The van der Waals surface area contributed by atoms with Crippen LogP contribution in [0.15, 0.2) is 47.4 Å². The topological polar surface area (TPSA) is 55.4 Å². The Labute approximate surface area is 127 Å². The molecule has 0 spiro atoms. The summed E-state index contributed by atoms with van der Waals surface area (Å²) in [5.41, 5.74) is 1.07. The molecular formula is C15H15F2NO3S. The van der Waals surface area contributed by atoms with Crippen molar-refractivity contribution in [2.24, 2.45) is 0 Å². The Morgan fingerprint density at radius 3 is 2.23 bits per heavy atom. The number of hydrogen-bond acceptors (Lipinski definition) is 3. The normalized spacial score (nSPS) is 11.4. The number of ether oxygens (including phenoxy) is 1. The molecular weight excluding hydrogens is 312 g/mol. The van der Waals surface area contributed by atoms with E-state index in [2.05, 4.69) is 4.72 Å². The fraction of sp³-hybridized carbons (Fsp3) is 0.200. The van der Waals surface area contributed by atoms with Gasteiger partial charge < -0.3 is 4.74 Å². The monoisotopic (exact) mass is 327 g/mol. The maximum Gasteiger partial charge on any atom is 0.246 e. The minimum atomic E-state index is -4.26. The number of hydrogen-bond donors (Lipinski definition) is 1. The van der Waals surface area contributed by atoms with Crippen molar-refractivity contribution in [2.45, 2.75) is 11.8 Å². The Morgan fingerprint density at radius 1 is 1.05 bits per heavy atom. The van der Waals surface area contributed by atoms with Crippen LogP contribution in [0.4, 0.5) is 8.78 Å². The van der Waals surface area contributed by atoms with Gasteiger partial charge in [0.15, 0.2) is 4.90 Å². The lowest BCUT2D eigenvalue weighted by atomic mass is 10.2. The maximum atomic E-state index is 13.5. The van der Waals surface area contributed by atoms with Crippen LogP contribution in [0.1, 0.15) is 5.56 Å². The molecule has 0 saturated heterocycles. The maximum absolute atomic E-state index is 13.5. The summed E-state index contributed by atoms with van der Waals surface area (Å²) in [4.78, 5) is -0.981. The van der Waals surface area contributed by atoms with E-state index in [1.807, 2.05) is 19.1 Å². The summed E-state index contributed by atoms with van der Waals surface area (Å²) >= 11 is 0. The molecule has 7 heteroatoms. The van der Waals surface area contributed by atoms with Crippen molar-refractivity contribution < 1.29 is 21.9 Å². The molecule has 118 valence electrons. The van der Waals surface area contributed by atoms with Gasteiger partial charge in [0, 0.05) is 6.54 Å². The summed E-state index contributed by atoms with van der Waals surface area (Å²) in [5, 5.41) is 0. The first-order valence-electron chi connectivity index (χ1n) is 6.53. The zero-order valence-electron chi connectivity index (χ0n) is 11.8. The largest absolute Gasteiger partial charge is 0.492 e. The molecule has 2 aromatic carbocycles. The Morgan fingerprint density at radius 2 is 1.64 bits per heavy atom. The average Bonchev–Trinajstić information content (AvgIpc) is 2.45. The van der Waals surface area contributed by atoms with Crippen LogP contribution in [0, 0.1) is 18.6 Å². The molecule has 2 aromatic rings. The number of rotatable bonds is 6. The first-order valence-corrected chi connectivity index (χ1v) is 8.01. The average molecular weight is 327 g/mol. The van der Waals surface area contributed by atoms with E-state index in [-0.39, 0.29) is 13.2 Å². The Bertz CT molecular complexity index is 726. The molecule has 0 fully saturated rings. The molecule has 22 heavy (non-hydrogen) atoms. The highest BCUT2D eigenvalue weighted by molar-refractivity contribution is 7.89. The summed E-state index contributed by atoms with van der Waals surface area (Å²) in [6.07, 6.45) is 0. The van der Waals surface area contributed by atoms with Gasteiger partial charge in [-0.1, -0.05) is 23.8 Å². The van der Waals surface area contributed by atoms with E-state index in [1.54, 1.807) is 12.1 Å². The number of sulfonamides is 1. The van der Waals surface area contributed by atoms with Gasteiger partial charge in [-0.05, 0) is 31.2 Å². The quantitative estimate of drug-likeness (QED) is 0.830. The second-order valence-corrected chi connectivity index (χ2v) is 6.31. The predicted octanol–water partition coefficient (Wildman–Crippen LogP) is 2.63. The van der Waals surface area contributed by atoms with E-state index in [1.165, 1.54) is 0 Å². The number of aryl methyl sites for hydroxylation is 1. The van der Waals surface area contributed by atoms with Gasteiger partial charge in [-0.15, -0.1) is 0 Å². The molecule has 0 aliphatic heterocycles. The highest BCUT2D eigenvalue weighted by Crippen LogP contribution is 2.17. The summed E-state index contributed by atoms with van der Waals surface area (Å²) in [5.74, 6) is -1.68. The van der Waals surface area contributed by atoms with Gasteiger partial charge in [-0.25, -0.2) is 21.9 Å². The van der Waals surface area contributed by atoms with Crippen LogP contribution < -0.4 is 9.46 Å². The van der Waals surface area contributed by atoms with E-state index < -0.39 is 26.6 Å². The minimum Gasteiger partial charge on any atom is -0.492 e. The molecule has 0 radical (unpaired) electrons. The molecule has 0 bridgehead atoms. The molecule has 0 aliphatic rings. The second-order valence-electron chi connectivity index (χ2n) is 4.61. The fourth-order valence-electron chi connectivity index (χ4n) is 1.79. The van der Waals surface area contributed by atoms with Crippen LogP contribution >= 0.6 is 0 Å². The van der Waals surface area contributed by atoms with Gasteiger partial charge in [0.2, 0.25) is 10.0 Å². The van der Waals surface area contributed by atoms with Gasteiger partial charge in [0.1, 0.15) is 24.0 Å². The third-order valence-electron chi connectivity index (χ3n) is 2.87. The summed E-state index contributed by atoms with van der Waals surface area (Å²) < 4.78 is 58.1. The van der Waals surface area contributed by atoms with E-state index in [0.29, 0.717) is 5.75 Å². The zero-order valence-corrected chi connectivity index (χ0v) is 12.7. The third kappa shape index (κ3) is 4.02. The molecule has 0 aliphatic carbocycles. The van der Waals surface area contributed by atoms with Crippen molar-refractivity contribution in [2.75, 3.05) is 13.2 Å². The minimum absolute atomic E-state index is 0.0400. The Hall–Kier alpha value is -1.99. The second kappa shape index (κ2) is 6.85. The first-order chi connectivity index (χ1) is 10.4. The summed E-state index contributed by atoms with van der Waals surface area (Å²) in [7, 11) is -4.26. The lowest BCUT2D eigenvalue weighted by Gasteiger charge is -2.10. The van der Waals surface area contributed by atoms with E-state index in [0.717, 1.165) is 23.8 Å². The van der Waals surface area contributed by atoms with Crippen LogP contribution in [-0.4, -0.2) is 21.6 Å². The predicted molar refractivity (Wildman–Crippen MR) is 78.2 cm³/mol. The van der Waals surface area contributed by atoms with Gasteiger partial charge in [-0.3, -0.25) is 0 Å². The SMILES string of the molecule is Cc1ccc(OCCNS(=O)(=O)c2c(F)cccc2F)cc1. The van der Waals surface area contributed by atoms with Crippen molar-refractivity contribution >= 4 is 10.0 Å². The highest BCUT2D eigenvalue weighted by Gasteiger charge is 2.23. The van der Waals surface area contributed by atoms with Crippen molar-refractivity contribution in [1.29, 1.82) is 0 Å². The molecule has 0 heterocycles. The van der Waals surface area contributed by atoms with Crippen molar-refractivity contribution in [3.8, 4) is 5.75 Å². The van der Waals surface area contributed by atoms with Gasteiger partial charge in [-0.2, -0.15) is 0 Å². The van der Waals surface area contributed by atoms with E-state index >= 15 is 0 Å². The number of benzene rings is 2.